The highest BCUT2D eigenvalue weighted by atomic mass is 19.1. The highest BCUT2D eigenvalue weighted by Crippen LogP contribution is 2.26. The summed E-state index contributed by atoms with van der Waals surface area (Å²) in [6, 6.07) is 17.5. The van der Waals surface area contributed by atoms with Crippen molar-refractivity contribution in [1.82, 2.24) is 0 Å². The van der Waals surface area contributed by atoms with Gasteiger partial charge < -0.3 is 10.1 Å². The maximum atomic E-state index is 13.9. The number of halogens is 2. The first-order valence-electron chi connectivity index (χ1n) is 9.54. The summed E-state index contributed by atoms with van der Waals surface area (Å²) in [6.45, 7) is 5.39. The van der Waals surface area contributed by atoms with Gasteiger partial charge in [-0.1, -0.05) is 36.4 Å². The first kappa shape index (κ1) is 21.2. The Morgan fingerprint density at radius 3 is 2.30 bits per heavy atom. The molecule has 0 atom stereocenters. The van der Waals surface area contributed by atoms with Crippen molar-refractivity contribution < 1.29 is 18.3 Å². The standard InChI is InChI=1S/C25H23F2NO2/c1-25(2,3)30-24(29)21-15-9-17(8-10-18-6-4-5-7-22(18)27)16-23(21)28-20-13-11-19(26)12-14-20/h4-16,28H,1-3H3/b10-8+. The van der Waals surface area contributed by atoms with E-state index in [-0.39, 0.29) is 11.6 Å². The molecule has 3 nitrogen and oxygen atoms in total. The average Bonchev–Trinajstić information content (AvgIpc) is 2.68. The Hall–Kier alpha value is -3.47. The summed E-state index contributed by atoms with van der Waals surface area (Å²) < 4.78 is 32.6. The van der Waals surface area contributed by atoms with Crippen LogP contribution in [-0.4, -0.2) is 11.6 Å². The maximum absolute atomic E-state index is 13.9. The Bertz CT molecular complexity index is 1070. The number of nitrogens with one attached hydrogen (secondary N) is 1. The van der Waals surface area contributed by atoms with Crippen molar-refractivity contribution in [3.05, 3.63) is 95.1 Å². The molecule has 3 aromatic rings. The predicted octanol–water partition coefficient (Wildman–Crippen LogP) is 6.83. The van der Waals surface area contributed by atoms with Crippen LogP contribution < -0.4 is 5.32 Å². The van der Waals surface area contributed by atoms with Crippen LogP contribution in [0.15, 0.2) is 66.7 Å². The minimum atomic E-state index is -0.645. The van der Waals surface area contributed by atoms with Gasteiger partial charge in [-0.3, -0.25) is 0 Å². The van der Waals surface area contributed by atoms with Gasteiger partial charge in [0.2, 0.25) is 0 Å². The van der Waals surface area contributed by atoms with Crippen LogP contribution in [0.2, 0.25) is 0 Å². The molecule has 0 heterocycles. The van der Waals surface area contributed by atoms with Crippen LogP contribution in [0.5, 0.6) is 0 Å². The minimum Gasteiger partial charge on any atom is -0.456 e. The van der Waals surface area contributed by atoms with Crippen molar-refractivity contribution in [2.45, 2.75) is 26.4 Å². The Morgan fingerprint density at radius 1 is 0.933 bits per heavy atom. The summed E-state index contributed by atoms with van der Waals surface area (Å²) in [5.41, 5.74) is 2.05. The van der Waals surface area contributed by atoms with Gasteiger partial charge in [0.1, 0.15) is 17.2 Å². The number of anilines is 2. The zero-order chi connectivity index (χ0) is 21.7. The third-order valence-electron chi connectivity index (χ3n) is 4.15. The second kappa shape index (κ2) is 8.91. The number of hydrogen-bond donors (Lipinski definition) is 1. The topological polar surface area (TPSA) is 38.3 Å². The predicted molar refractivity (Wildman–Crippen MR) is 117 cm³/mol. The minimum absolute atomic E-state index is 0.316. The van der Waals surface area contributed by atoms with Crippen LogP contribution in [0.4, 0.5) is 20.2 Å². The summed E-state index contributed by atoms with van der Waals surface area (Å²) in [4.78, 5) is 12.7. The molecule has 0 spiro atoms. The molecule has 30 heavy (non-hydrogen) atoms. The second-order valence-corrected chi connectivity index (χ2v) is 7.79. The molecular weight excluding hydrogens is 384 g/mol. The third kappa shape index (κ3) is 5.77. The van der Waals surface area contributed by atoms with E-state index in [0.717, 1.165) is 5.56 Å². The SMILES string of the molecule is CC(C)(C)OC(=O)c1ccc(/C=C/c2ccccc2F)cc1Nc1ccc(F)cc1. The number of hydrogen-bond acceptors (Lipinski definition) is 3. The molecular formula is C25H23F2NO2. The number of benzene rings is 3. The largest absolute Gasteiger partial charge is 0.456 e. The lowest BCUT2D eigenvalue weighted by molar-refractivity contribution is 0.00707. The summed E-state index contributed by atoms with van der Waals surface area (Å²) >= 11 is 0. The van der Waals surface area contributed by atoms with Crippen molar-refractivity contribution in [1.29, 1.82) is 0 Å². The van der Waals surface area contributed by atoms with E-state index < -0.39 is 11.6 Å². The van der Waals surface area contributed by atoms with Gasteiger partial charge in [0, 0.05) is 11.3 Å². The molecule has 0 bridgehead atoms. The fourth-order valence-electron chi connectivity index (χ4n) is 2.77. The van der Waals surface area contributed by atoms with Crippen molar-refractivity contribution in [3.8, 4) is 0 Å². The van der Waals surface area contributed by atoms with E-state index >= 15 is 0 Å². The van der Waals surface area contributed by atoms with Gasteiger partial charge in [0.15, 0.2) is 0 Å². The Morgan fingerprint density at radius 2 is 1.63 bits per heavy atom. The summed E-state index contributed by atoms with van der Waals surface area (Å²) in [5, 5.41) is 3.14. The van der Waals surface area contributed by atoms with E-state index in [1.165, 1.54) is 18.2 Å². The smallest absolute Gasteiger partial charge is 0.340 e. The molecule has 0 saturated heterocycles. The van der Waals surface area contributed by atoms with Crippen LogP contribution in [0.25, 0.3) is 12.2 Å². The zero-order valence-corrected chi connectivity index (χ0v) is 17.1. The van der Waals surface area contributed by atoms with E-state index in [0.29, 0.717) is 22.5 Å². The summed E-state index contributed by atoms with van der Waals surface area (Å²) in [6.07, 6.45) is 3.42. The Balaban J connectivity index is 1.95. The Labute approximate surface area is 175 Å². The molecule has 0 aliphatic rings. The molecule has 1 N–H and O–H groups in total. The third-order valence-corrected chi connectivity index (χ3v) is 4.15. The van der Waals surface area contributed by atoms with Gasteiger partial charge in [0.05, 0.1) is 11.3 Å². The van der Waals surface area contributed by atoms with E-state index in [2.05, 4.69) is 5.32 Å². The maximum Gasteiger partial charge on any atom is 0.340 e. The first-order valence-corrected chi connectivity index (χ1v) is 9.54. The average molecular weight is 407 g/mol. The molecule has 0 aromatic heterocycles. The van der Waals surface area contributed by atoms with E-state index in [1.807, 2.05) is 0 Å². The van der Waals surface area contributed by atoms with Gasteiger partial charge in [-0.25, -0.2) is 13.6 Å². The van der Waals surface area contributed by atoms with Gasteiger partial charge in [0.25, 0.3) is 0 Å². The van der Waals surface area contributed by atoms with Gasteiger partial charge in [-0.05, 0) is 68.8 Å². The van der Waals surface area contributed by atoms with Crippen LogP contribution in [0.1, 0.15) is 42.3 Å². The second-order valence-electron chi connectivity index (χ2n) is 7.79. The molecule has 0 aliphatic heterocycles. The molecule has 0 unspecified atom stereocenters. The fourth-order valence-corrected chi connectivity index (χ4v) is 2.77. The molecule has 3 rings (SSSR count). The number of ether oxygens (including phenoxy) is 1. The lowest BCUT2D eigenvalue weighted by atomic mass is 10.1. The molecule has 0 radical (unpaired) electrons. The van der Waals surface area contributed by atoms with Gasteiger partial charge in [-0.15, -0.1) is 0 Å². The Kier molecular flexibility index (Phi) is 6.31. The highest BCUT2D eigenvalue weighted by molar-refractivity contribution is 5.97. The molecule has 5 heteroatoms. The molecule has 0 amide bonds. The van der Waals surface area contributed by atoms with Crippen LogP contribution in [0, 0.1) is 11.6 Å². The monoisotopic (exact) mass is 407 g/mol. The molecule has 154 valence electrons. The van der Waals surface area contributed by atoms with E-state index in [9.17, 15) is 13.6 Å². The van der Waals surface area contributed by atoms with E-state index in [1.54, 1.807) is 81.5 Å². The summed E-state index contributed by atoms with van der Waals surface area (Å²) in [7, 11) is 0. The summed E-state index contributed by atoms with van der Waals surface area (Å²) in [5.74, 6) is -1.14. The molecule has 0 fully saturated rings. The molecule has 0 aliphatic carbocycles. The van der Waals surface area contributed by atoms with Crippen molar-refractivity contribution in [2.75, 3.05) is 5.32 Å². The van der Waals surface area contributed by atoms with Crippen LogP contribution in [-0.2, 0) is 4.74 Å². The zero-order valence-electron chi connectivity index (χ0n) is 17.1. The van der Waals surface area contributed by atoms with Crippen LogP contribution in [0.3, 0.4) is 0 Å². The number of carbonyl (C=O) groups excluding carboxylic acids is 1. The fraction of sp³-hybridized carbons (Fsp3) is 0.160. The number of rotatable bonds is 5. The molecule has 3 aromatic carbocycles. The normalized spacial score (nSPS) is 11.5. The lowest BCUT2D eigenvalue weighted by Gasteiger charge is -2.21. The van der Waals surface area contributed by atoms with Gasteiger partial charge >= 0.3 is 5.97 Å². The van der Waals surface area contributed by atoms with Gasteiger partial charge in [-0.2, -0.15) is 0 Å². The quantitative estimate of drug-likeness (QED) is 0.372. The number of carbonyl (C=O) groups is 1. The van der Waals surface area contributed by atoms with Crippen molar-refractivity contribution in [3.63, 3.8) is 0 Å². The number of esters is 1. The molecule has 0 saturated carbocycles. The lowest BCUT2D eigenvalue weighted by Crippen LogP contribution is -2.24. The first-order chi connectivity index (χ1) is 14.2. The van der Waals surface area contributed by atoms with Crippen LogP contribution >= 0.6 is 0 Å². The van der Waals surface area contributed by atoms with Crippen molar-refractivity contribution in [2.24, 2.45) is 0 Å². The van der Waals surface area contributed by atoms with E-state index in [4.69, 9.17) is 4.74 Å². The highest BCUT2D eigenvalue weighted by Gasteiger charge is 2.20. The van der Waals surface area contributed by atoms with Crippen molar-refractivity contribution >= 4 is 29.5 Å².